The molecule has 1 N–H and O–H groups in total. The summed E-state index contributed by atoms with van der Waals surface area (Å²) in [4.78, 5) is 0.983. The van der Waals surface area contributed by atoms with Crippen LogP contribution in [-0.2, 0) is 6.42 Å². The Kier molecular flexibility index (Phi) is 5.76. The highest BCUT2D eigenvalue weighted by molar-refractivity contribution is 7.05. The molecule has 1 atom stereocenters. The second-order valence-electron chi connectivity index (χ2n) is 4.89. The molecule has 0 bridgehead atoms. The van der Waals surface area contributed by atoms with Crippen LogP contribution in [0, 0.1) is 11.6 Å². The van der Waals surface area contributed by atoms with Gasteiger partial charge in [0.05, 0.1) is 16.6 Å². The predicted octanol–water partition coefficient (Wildman–Crippen LogP) is 3.86. The number of aromatic nitrogens is 2. The molecule has 2 aromatic rings. The molecule has 0 fully saturated rings. The summed E-state index contributed by atoms with van der Waals surface area (Å²) in [6.45, 7) is 4.93. The van der Waals surface area contributed by atoms with Crippen LogP contribution < -0.4 is 5.32 Å². The standard InChI is InChI=1S/C15H19F2N3S/c1-3-5-13-15(21-20-19-13)14(18-8-4-2)10-6-7-11(16)12(17)9-10/h6-7,9,14,18H,3-5,8H2,1-2H3. The largest absolute Gasteiger partial charge is 0.305 e. The Morgan fingerprint density at radius 1 is 1.19 bits per heavy atom. The third kappa shape index (κ3) is 3.83. The summed E-state index contributed by atoms with van der Waals surface area (Å²) in [6.07, 6.45) is 2.76. The van der Waals surface area contributed by atoms with Crippen molar-refractivity contribution in [1.29, 1.82) is 0 Å². The zero-order valence-electron chi connectivity index (χ0n) is 12.2. The molecule has 21 heavy (non-hydrogen) atoms. The van der Waals surface area contributed by atoms with Gasteiger partial charge >= 0.3 is 0 Å². The Bertz CT molecular complexity index is 586. The summed E-state index contributed by atoms with van der Waals surface area (Å²) in [5, 5.41) is 7.54. The van der Waals surface area contributed by atoms with Crippen molar-refractivity contribution < 1.29 is 8.78 Å². The molecule has 0 saturated heterocycles. The zero-order valence-corrected chi connectivity index (χ0v) is 13.0. The number of aryl methyl sites for hydroxylation is 1. The van der Waals surface area contributed by atoms with Crippen LogP contribution in [0.15, 0.2) is 18.2 Å². The summed E-state index contributed by atoms with van der Waals surface area (Å²) in [7, 11) is 0. The Morgan fingerprint density at radius 3 is 2.67 bits per heavy atom. The molecule has 0 saturated carbocycles. The number of hydrogen-bond acceptors (Lipinski definition) is 4. The second kappa shape index (κ2) is 7.56. The normalized spacial score (nSPS) is 12.6. The summed E-state index contributed by atoms with van der Waals surface area (Å²) in [6, 6.07) is 3.83. The molecule has 0 aliphatic carbocycles. The lowest BCUT2D eigenvalue weighted by Gasteiger charge is -2.18. The molecule has 1 aromatic carbocycles. The van der Waals surface area contributed by atoms with E-state index in [1.54, 1.807) is 6.07 Å². The Hall–Kier alpha value is -1.40. The van der Waals surface area contributed by atoms with Crippen molar-refractivity contribution >= 4 is 11.5 Å². The van der Waals surface area contributed by atoms with Crippen molar-refractivity contribution in [1.82, 2.24) is 14.9 Å². The van der Waals surface area contributed by atoms with E-state index >= 15 is 0 Å². The van der Waals surface area contributed by atoms with Crippen molar-refractivity contribution in [3.05, 3.63) is 46.0 Å². The van der Waals surface area contributed by atoms with Crippen molar-refractivity contribution in [2.24, 2.45) is 0 Å². The van der Waals surface area contributed by atoms with E-state index in [-0.39, 0.29) is 6.04 Å². The molecule has 1 unspecified atom stereocenters. The average Bonchev–Trinajstić information content (AvgIpc) is 2.92. The van der Waals surface area contributed by atoms with Gasteiger partial charge in [-0.05, 0) is 48.6 Å². The lowest BCUT2D eigenvalue weighted by molar-refractivity contribution is 0.503. The average molecular weight is 311 g/mol. The van der Waals surface area contributed by atoms with E-state index in [4.69, 9.17) is 0 Å². The third-order valence-electron chi connectivity index (χ3n) is 3.21. The maximum absolute atomic E-state index is 13.5. The van der Waals surface area contributed by atoms with Crippen LogP contribution in [0.2, 0.25) is 0 Å². The van der Waals surface area contributed by atoms with Gasteiger partial charge in [-0.25, -0.2) is 8.78 Å². The molecule has 114 valence electrons. The molecule has 2 rings (SSSR count). The van der Waals surface area contributed by atoms with E-state index in [1.807, 2.05) is 0 Å². The number of nitrogens with one attached hydrogen (secondary N) is 1. The zero-order chi connectivity index (χ0) is 15.2. The van der Waals surface area contributed by atoms with Crippen molar-refractivity contribution in [2.75, 3.05) is 6.54 Å². The van der Waals surface area contributed by atoms with Crippen molar-refractivity contribution in [3.63, 3.8) is 0 Å². The van der Waals surface area contributed by atoms with Crippen LogP contribution >= 0.6 is 11.5 Å². The minimum absolute atomic E-state index is 0.193. The maximum Gasteiger partial charge on any atom is 0.159 e. The molecule has 6 heteroatoms. The number of nitrogens with zero attached hydrogens (tertiary/aromatic N) is 2. The lowest BCUT2D eigenvalue weighted by atomic mass is 10.0. The predicted molar refractivity (Wildman–Crippen MR) is 80.4 cm³/mol. The topological polar surface area (TPSA) is 37.8 Å². The van der Waals surface area contributed by atoms with Gasteiger partial charge in [0.25, 0.3) is 0 Å². The van der Waals surface area contributed by atoms with E-state index in [0.29, 0.717) is 5.56 Å². The quantitative estimate of drug-likeness (QED) is 0.844. The molecular weight excluding hydrogens is 292 g/mol. The van der Waals surface area contributed by atoms with E-state index in [1.165, 1.54) is 23.7 Å². The molecule has 0 spiro atoms. The van der Waals surface area contributed by atoms with Gasteiger partial charge < -0.3 is 5.32 Å². The minimum atomic E-state index is -0.829. The number of hydrogen-bond donors (Lipinski definition) is 1. The van der Waals surface area contributed by atoms with Crippen LogP contribution in [0.1, 0.15) is 48.9 Å². The summed E-state index contributed by atoms with van der Waals surface area (Å²) in [5.74, 6) is -1.66. The maximum atomic E-state index is 13.5. The second-order valence-corrected chi connectivity index (χ2v) is 5.68. The molecule has 0 amide bonds. The smallest absolute Gasteiger partial charge is 0.159 e. The molecule has 1 heterocycles. The van der Waals surface area contributed by atoms with Crippen molar-refractivity contribution in [2.45, 2.75) is 39.2 Å². The highest BCUT2D eigenvalue weighted by Gasteiger charge is 2.21. The number of benzene rings is 1. The molecule has 3 nitrogen and oxygen atoms in total. The third-order valence-corrected chi connectivity index (χ3v) is 4.04. The summed E-state index contributed by atoms with van der Waals surface area (Å²) < 4.78 is 30.7. The molecular formula is C15H19F2N3S. The van der Waals surface area contributed by atoms with E-state index in [2.05, 4.69) is 28.8 Å². The Balaban J connectivity index is 2.37. The van der Waals surface area contributed by atoms with Crippen LogP contribution in [0.4, 0.5) is 8.78 Å². The van der Waals surface area contributed by atoms with Gasteiger partial charge in [-0.3, -0.25) is 0 Å². The fraction of sp³-hybridized carbons (Fsp3) is 0.467. The summed E-state index contributed by atoms with van der Waals surface area (Å²) >= 11 is 1.31. The van der Waals surface area contributed by atoms with Crippen LogP contribution in [-0.4, -0.2) is 16.1 Å². The van der Waals surface area contributed by atoms with Gasteiger partial charge in [0, 0.05) is 0 Å². The van der Waals surface area contributed by atoms with Gasteiger partial charge in [0.1, 0.15) is 0 Å². The van der Waals surface area contributed by atoms with E-state index in [9.17, 15) is 8.78 Å². The molecule has 1 aromatic heterocycles. The first-order valence-corrected chi connectivity index (χ1v) is 7.94. The fourth-order valence-electron chi connectivity index (χ4n) is 2.19. The van der Waals surface area contributed by atoms with Crippen LogP contribution in [0.5, 0.6) is 0 Å². The number of rotatable bonds is 7. The van der Waals surface area contributed by atoms with Gasteiger partial charge in [0.2, 0.25) is 0 Å². The van der Waals surface area contributed by atoms with E-state index < -0.39 is 11.6 Å². The van der Waals surface area contributed by atoms with Crippen molar-refractivity contribution in [3.8, 4) is 0 Å². The first-order valence-electron chi connectivity index (χ1n) is 7.16. The van der Waals surface area contributed by atoms with Gasteiger partial charge in [-0.15, -0.1) is 5.10 Å². The number of halogens is 2. The first-order chi connectivity index (χ1) is 10.2. The summed E-state index contributed by atoms with van der Waals surface area (Å²) in [5.41, 5.74) is 1.63. The van der Waals surface area contributed by atoms with Gasteiger partial charge in [0.15, 0.2) is 11.6 Å². The minimum Gasteiger partial charge on any atom is -0.305 e. The van der Waals surface area contributed by atoms with Crippen LogP contribution in [0.3, 0.4) is 0 Å². The lowest BCUT2D eigenvalue weighted by Crippen LogP contribution is -2.23. The van der Waals surface area contributed by atoms with Gasteiger partial charge in [-0.1, -0.05) is 30.8 Å². The highest BCUT2D eigenvalue weighted by atomic mass is 32.1. The van der Waals surface area contributed by atoms with Crippen LogP contribution in [0.25, 0.3) is 0 Å². The van der Waals surface area contributed by atoms with E-state index in [0.717, 1.165) is 36.4 Å². The highest BCUT2D eigenvalue weighted by Crippen LogP contribution is 2.28. The fourth-order valence-corrected chi connectivity index (χ4v) is 2.99. The SMILES string of the molecule is CCCNC(c1ccc(F)c(F)c1)c1snnc1CCC. The molecule has 0 aliphatic rings. The molecule has 0 aliphatic heterocycles. The van der Waals surface area contributed by atoms with Gasteiger partial charge in [-0.2, -0.15) is 0 Å². The first kappa shape index (κ1) is 16.0. The monoisotopic (exact) mass is 311 g/mol. The Morgan fingerprint density at radius 2 is 2.00 bits per heavy atom. The molecule has 0 radical (unpaired) electrons. The Labute approximate surface area is 127 Å².